The van der Waals surface area contributed by atoms with E-state index in [0.29, 0.717) is 0 Å². The fraction of sp³-hybridized carbons (Fsp3) is 0.231. The van der Waals surface area contributed by atoms with Crippen LogP contribution in [0.3, 0.4) is 0 Å². The van der Waals surface area contributed by atoms with E-state index in [1.165, 1.54) is 12.1 Å². The Balaban J connectivity index is 2.50. The van der Waals surface area contributed by atoms with E-state index in [4.69, 9.17) is 5.73 Å². The van der Waals surface area contributed by atoms with Gasteiger partial charge < -0.3 is 5.73 Å². The zero-order valence-corrected chi connectivity index (χ0v) is 9.93. The van der Waals surface area contributed by atoms with Crippen LogP contribution in [0, 0.1) is 5.82 Å². The minimum absolute atomic E-state index is 0.239. The van der Waals surface area contributed by atoms with Crippen molar-refractivity contribution in [2.45, 2.75) is 18.9 Å². The third-order valence-corrected chi connectivity index (χ3v) is 3.91. The van der Waals surface area contributed by atoms with Crippen molar-refractivity contribution in [1.29, 1.82) is 0 Å². The van der Waals surface area contributed by atoms with Gasteiger partial charge in [0.25, 0.3) is 0 Å². The normalized spacial score (nSPS) is 14.7. The molecule has 1 aromatic carbocycles. The van der Waals surface area contributed by atoms with Crippen LogP contribution in [0.25, 0.3) is 0 Å². The number of halogens is 1. The van der Waals surface area contributed by atoms with Crippen molar-refractivity contribution in [3.63, 3.8) is 0 Å². The van der Waals surface area contributed by atoms with E-state index in [1.807, 2.05) is 30.5 Å². The van der Waals surface area contributed by atoms with Crippen molar-refractivity contribution in [2.24, 2.45) is 5.73 Å². The van der Waals surface area contributed by atoms with Crippen LogP contribution >= 0.6 is 11.3 Å². The van der Waals surface area contributed by atoms with Crippen LogP contribution in [0.4, 0.5) is 4.39 Å². The van der Waals surface area contributed by atoms with Gasteiger partial charge in [0.05, 0.1) is 5.54 Å². The SMILES string of the molecule is CCC(N)(c1cccc(F)c1)c1cccs1. The fourth-order valence-corrected chi connectivity index (χ4v) is 2.75. The zero-order valence-electron chi connectivity index (χ0n) is 9.11. The van der Waals surface area contributed by atoms with E-state index in [0.717, 1.165) is 16.9 Å². The third kappa shape index (κ3) is 1.88. The standard InChI is InChI=1S/C13H14FNS/c1-2-13(15,12-7-4-8-16-12)10-5-3-6-11(14)9-10/h3-9H,2,15H2,1H3. The van der Waals surface area contributed by atoms with Crippen molar-refractivity contribution >= 4 is 11.3 Å². The maximum Gasteiger partial charge on any atom is 0.123 e. The quantitative estimate of drug-likeness (QED) is 0.865. The van der Waals surface area contributed by atoms with Crippen LogP contribution in [0.2, 0.25) is 0 Å². The number of thiophene rings is 1. The van der Waals surface area contributed by atoms with Crippen LogP contribution in [-0.2, 0) is 5.54 Å². The monoisotopic (exact) mass is 235 g/mol. The number of benzene rings is 1. The van der Waals surface area contributed by atoms with Gasteiger partial charge in [-0.3, -0.25) is 0 Å². The summed E-state index contributed by atoms with van der Waals surface area (Å²) in [6, 6.07) is 10.5. The molecule has 0 aliphatic heterocycles. The lowest BCUT2D eigenvalue weighted by molar-refractivity contribution is 0.522. The molecule has 0 saturated carbocycles. The van der Waals surface area contributed by atoms with Gasteiger partial charge in [0, 0.05) is 4.88 Å². The second kappa shape index (κ2) is 4.36. The number of hydrogen-bond acceptors (Lipinski definition) is 2. The van der Waals surface area contributed by atoms with Crippen LogP contribution in [0.1, 0.15) is 23.8 Å². The van der Waals surface area contributed by atoms with E-state index in [1.54, 1.807) is 17.4 Å². The second-order valence-corrected chi connectivity index (χ2v) is 4.76. The molecule has 16 heavy (non-hydrogen) atoms. The van der Waals surface area contributed by atoms with E-state index >= 15 is 0 Å². The van der Waals surface area contributed by atoms with Gasteiger partial charge >= 0.3 is 0 Å². The Bertz CT molecular complexity index is 467. The number of hydrogen-bond donors (Lipinski definition) is 1. The molecule has 2 rings (SSSR count). The Hall–Kier alpha value is -1.19. The lowest BCUT2D eigenvalue weighted by Crippen LogP contribution is -2.36. The fourth-order valence-electron chi connectivity index (χ4n) is 1.82. The summed E-state index contributed by atoms with van der Waals surface area (Å²) >= 11 is 1.61. The molecule has 0 radical (unpaired) electrons. The van der Waals surface area contributed by atoms with Crippen LogP contribution in [0.15, 0.2) is 41.8 Å². The summed E-state index contributed by atoms with van der Waals surface area (Å²) in [5.74, 6) is -0.239. The Morgan fingerprint density at radius 2 is 2.12 bits per heavy atom. The van der Waals surface area contributed by atoms with Gasteiger partial charge in [-0.2, -0.15) is 0 Å². The maximum atomic E-state index is 13.2. The molecule has 1 nitrogen and oxygen atoms in total. The Morgan fingerprint density at radius 1 is 1.31 bits per heavy atom. The van der Waals surface area contributed by atoms with Gasteiger partial charge in [-0.25, -0.2) is 4.39 Å². The van der Waals surface area contributed by atoms with Gasteiger partial charge in [0.15, 0.2) is 0 Å². The van der Waals surface area contributed by atoms with Crippen molar-refractivity contribution in [3.05, 3.63) is 58.0 Å². The largest absolute Gasteiger partial charge is 0.317 e. The van der Waals surface area contributed by atoms with Crippen LogP contribution < -0.4 is 5.73 Å². The van der Waals surface area contributed by atoms with Crippen molar-refractivity contribution in [2.75, 3.05) is 0 Å². The predicted octanol–water partition coefficient (Wildman–Crippen LogP) is 3.50. The molecular weight excluding hydrogens is 221 g/mol. The topological polar surface area (TPSA) is 26.0 Å². The Kier molecular flexibility index (Phi) is 3.08. The highest BCUT2D eigenvalue weighted by Gasteiger charge is 2.28. The molecule has 0 bridgehead atoms. The molecule has 0 fully saturated rings. The molecular formula is C13H14FNS. The van der Waals surface area contributed by atoms with Gasteiger partial charge in [-0.05, 0) is 35.6 Å². The molecule has 0 aliphatic rings. The molecule has 0 spiro atoms. The predicted molar refractivity (Wildman–Crippen MR) is 66.0 cm³/mol. The van der Waals surface area contributed by atoms with Gasteiger partial charge in [-0.1, -0.05) is 25.1 Å². The highest BCUT2D eigenvalue weighted by molar-refractivity contribution is 7.10. The Morgan fingerprint density at radius 3 is 2.69 bits per heavy atom. The average molecular weight is 235 g/mol. The first kappa shape index (κ1) is 11.3. The minimum Gasteiger partial charge on any atom is -0.317 e. The van der Waals surface area contributed by atoms with Crippen LogP contribution in [0.5, 0.6) is 0 Å². The minimum atomic E-state index is -0.573. The summed E-state index contributed by atoms with van der Waals surface area (Å²) in [4.78, 5) is 1.07. The smallest absolute Gasteiger partial charge is 0.123 e. The molecule has 1 heterocycles. The summed E-state index contributed by atoms with van der Waals surface area (Å²) in [7, 11) is 0. The van der Waals surface area contributed by atoms with E-state index in [9.17, 15) is 4.39 Å². The molecule has 2 aromatic rings. The molecule has 3 heteroatoms. The number of nitrogens with two attached hydrogens (primary N) is 1. The highest BCUT2D eigenvalue weighted by atomic mass is 32.1. The second-order valence-electron chi connectivity index (χ2n) is 3.81. The highest BCUT2D eigenvalue weighted by Crippen LogP contribution is 2.33. The number of rotatable bonds is 3. The zero-order chi connectivity index (χ0) is 11.6. The summed E-state index contributed by atoms with van der Waals surface area (Å²) in [5, 5.41) is 1.99. The summed E-state index contributed by atoms with van der Waals surface area (Å²) in [6.07, 6.45) is 0.747. The molecule has 0 aliphatic carbocycles. The molecule has 0 amide bonds. The van der Waals surface area contributed by atoms with Crippen molar-refractivity contribution in [1.82, 2.24) is 0 Å². The van der Waals surface area contributed by atoms with Gasteiger partial charge in [0.1, 0.15) is 5.82 Å². The summed E-state index contributed by atoms with van der Waals surface area (Å²) in [5.41, 5.74) is 6.65. The first-order valence-corrected chi connectivity index (χ1v) is 6.13. The first-order chi connectivity index (χ1) is 7.66. The van der Waals surface area contributed by atoms with Crippen LogP contribution in [-0.4, -0.2) is 0 Å². The van der Waals surface area contributed by atoms with Crippen molar-refractivity contribution < 1.29 is 4.39 Å². The average Bonchev–Trinajstić information content (AvgIpc) is 2.82. The molecule has 0 saturated heterocycles. The van der Waals surface area contributed by atoms with E-state index in [-0.39, 0.29) is 5.82 Å². The Labute approximate surface area is 98.7 Å². The lowest BCUT2D eigenvalue weighted by Gasteiger charge is -2.27. The van der Waals surface area contributed by atoms with Crippen molar-refractivity contribution in [3.8, 4) is 0 Å². The molecule has 1 aromatic heterocycles. The van der Waals surface area contributed by atoms with Gasteiger partial charge in [-0.15, -0.1) is 11.3 Å². The maximum absolute atomic E-state index is 13.2. The molecule has 1 unspecified atom stereocenters. The summed E-state index contributed by atoms with van der Waals surface area (Å²) in [6.45, 7) is 2.02. The lowest BCUT2D eigenvalue weighted by atomic mass is 9.87. The van der Waals surface area contributed by atoms with Gasteiger partial charge in [0.2, 0.25) is 0 Å². The summed E-state index contributed by atoms with van der Waals surface area (Å²) < 4.78 is 13.2. The van der Waals surface area contributed by atoms with E-state index in [2.05, 4.69) is 0 Å². The third-order valence-electron chi connectivity index (χ3n) is 2.86. The van der Waals surface area contributed by atoms with E-state index < -0.39 is 5.54 Å². The molecule has 2 N–H and O–H groups in total. The first-order valence-electron chi connectivity index (χ1n) is 5.25. The molecule has 84 valence electrons. The molecule has 1 atom stereocenters.